The van der Waals surface area contributed by atoms with Crippen molar-refractivity contribution in [3.63, 3.8) is 0 Å². The third-order valence-electron chi connectivity index (χ3n) is 3.00. The molecule has 1 fully saturated rings. The van der Waals surface area contributed by atoms with Gasteiger partial charge in [0.05, 0.1) is 6.61 Å². The maximum absolute atomic E-state index is 5.45. The number of rotatable bonds is 3. The van der Waals surface area contributed by atoms with Crippen molar-refractivity contribution < 1.29 is 9.15 Å². The highest BCUT2D eigenvalue weighted by atomic mass is 16.5. The molecular weight excluding hydrogens is 230 g/mol. The normalized spacial score (nSPS) is 19.7. The van der Waals surface area contributed by atoms with Crippen molar-refractivity contribution in [2.24, 2.45) is 0 Å². The van der Waals surface area contributed by atoms with Gasteiger partial charge in [-0.15, -0.1) is 10.2 Å². The Morgan fingerprint density at radius 1 is 1.33 bits per heavy atom. The zero-order chi connectivity index (χ0) is 12.2. The number of ether oxygens (including phenoxy) is 1. The highest BCUT2D eigenvalue weighted by molar-refractivity contribution is 5.61. The predicted molar refractivity (Wildman–Crippen MR) is 67.2 cm³/mol. The van der Waals surface area contributed by atoms with E-state index in [1.165, 1.54) is 6.39 Å². The summed E-state index contributed by atoms with van der Waals surface area (Å²) >= 11 is 0. The molecule has 1 saturated heterocycles. The van der Waals surface area contributed by atoms with Crippen molar-refractivity contribution in [1.29, 1.82) is 0 Å². The Morgan fingerprint density at radius 3 is 3.11 bits per heavy atom. The number of nitrogens with zero attached hydrogens (tertiary/aromatic N) is 2. The van der Waals surface area contributed by atoms with E-state index in [1.807, 2.05) is 24.3 Å². The molecule has 1 aromatic heterocycles. The quantitative estimate of drug-likeness (QED) is 0.899. The zero-order valence-electron chi connectivity index (χ0n) is 10.0. The summed E-state index contributed by atoms with van der Waals surface area (Å²) in [6.45, 7) is 1.64. The van der Waals surface area contributed by atoms with Crippen molar-refractivity contribution >= 4 is 5.69 Å². The van der Waals surface area contributed by atoms with Crippen LogP contribution < -0.4 is 5.32 Å². The number of aromatic nitrogens is 2. The highest BCUT2D eigenvalue weighted by Crippen LogP contribution is 2.22. The van der Waals surface area contributed by atoms with Gasteiger partial charge >= 0.3 is 0 Å². The minimum absolute atomic E-state index is 0.386. The molecule has 0 spiro atoms. The van der Waals surface area contributed by atoms with Crippen molar-refractivity contribution in [1.82, 2.24) is 10.2 Å². The van der Waals surface area contributed by atoms with E-state index in [4.69, 9.17) is 9.15 Å². The van der Waals surface area contributed by atoms with Gasteiger partial charge in [-0.1, -0.05) is 6.07 Å². The maximum Gasteiger partial charge on any atom is 0.247 e. The van der Waals surface area contributed by atoms with Gasteiger partial charge < -0.3 is 14.5 Å². The van der Waals surface area contributed by atoms with Gasteiger partial charge in [0.2, 0.25) is 12.3 Å². The monoisotopic (exact) mass is 245 g/mol. The van der Waals surface area contributed by atoms with Gasteiger partial charge in [-0.2, -0.15) is 0 Å². The van der Waals surface area contributed by atoms with Crippen LogP contribution in [0, 0.1) is 0 Å². The molecule has 1 unspecified atom stereocenters. The summed E-state index contributed by atoms with van der Waals surface area (Å²) in [7, 11) is 0. The van der Waals surface area contributed by atoms with Crippen molar-refractivity contribution in [2.75, 3.05) is 18.5 Å². The molecule has 0 amide bonds. The Labute approximate surface area is 105 Å². The van der Waals surface area contributed by atoms with Crippen molar-refractivity contribution in [2.45, 2.75) is 18.9 Å². The summed E-state index contributed by atoms with van der Waals surface area (Å²) < 4.78 is 10.6. The van der Waals surface area contributed by atoms with Gasteiger partial charge in [0.25, 0.3) is 0 Å². The number of nitrogens with one attached hydrogen (secondary N) is 1. The lowest BCUT2D eigenvalue weighted by Crippen LogP contribution is -2.29. The molecule has 0 bridgehead atoms. The first kappa shape index (κ1) is 11.2. The van der Waals surface area contributed by atoms with E-state index in [9.17, 15) is 0 Å². The third-order valence-corrected chi connectivity index (χ3v) is 3.00. The molecule has 94 valence electrons. The average molecular weight is 245 g/mol. The first-order valence-corrected chi connectivity index (χ1v) is 6.13. The van der Waals surface area contributed by atoms with Crippen molar-refractivity contribution in [3.8, 4) is 11.5 Å². The van der Waals surface area contributed by atoms with Crippen LogP contribution in [0.2, 0.25) is 0 Å². The van der Waals surface area contributed by atoms with Gasteiger partial charge in [0.15, 0.2) is 0 Å². The van der Waals surface area contributed by atoms with Gasteiger partial charge in [-0.25, -0.2) is 0 Å². The van der Waals surface area contributed by atoms with E-state index in [2.05, 4.69) is 15.5 Å². The Morgan fingerprint density at radius 2 is 2.33 bits per heavy atom. The Balaban J connectivity index is 1.74. The number of hydrogen-bond acceptors (Lipinski definition) is 5. The minimum atomic E-state index is 0.386. The molecule has 1 atom stereocenters. The largest absolute Gasteiger partial charge is 0.423 e. The van der Waals surface area contributed by atoms with Gasteiger partial charge in [-0.05, 0) is 31.0 Å². The van der Waals surface area contributed by atoms with Crippen LogP contribution in [0.1, 0.15) is 12.8 Å². The molecule has 1 aliphatic heterocycles. The van der Waals surface area contributed by atoms with Crippen LogP contribution in [0.15, 0.2) is 35.1 Å². The van der Waals surface area contributed by atoms with Crippen molar-refractivity contribution in [3.05, 3.63) is 30.7 Å². The van der Waals surface area contributed by atoms with Crippen LogP contribution in [0.4, 0.5) is 5.69 Å². The van der Waals surface area contributed by atoms with E-state index in [0.29, 0.717) is 11.9 Å². The molecule has 3 rings (SSSR count). The summed E-state index contributed by atoms with van der Waals surface area (Å²) in [4.78, 5) is 0. The minimum Gasteiger partial charge on any atom is -0.423 e. The summed E-state index contributed by atoms with van der Waals surface area (Å²) in [6, 6.07) is 8.37. The second-order valence-corrected chi connectivity index (χ2v) is 4.38. The second kappa shape index (κ2) is 5.18. The second-order valence-electron chi connectivity index (χ2n) is 4.38. The molecule has 1 aromatic carbocycles. The van der Waals surface area contributed by atoms with E-state index < -0.39 is 0 Å². The van der Waals surface area contributed by atoms with Crippen LogP contribution >= 0.6 is 0 Å². The summed E-state index contributed by atoms with van der Waals surface area (Å²) in [6.07, 6.45) is 3.59. The smallest absolute Gasteiger partial charge is 0.247 e. The zero-order valence-corrected chi connectivity index (χ0v) is 10.0. The topological polar surface area (TPSA) is 60.2 Å². The van der Waals surface area contributed by atoms with Gasteiger partial charge in [0.1, 0.15) is 0 Å². The molecule has 1 N–H and O–H groups in total. The summed E-state index contributed by atoms with van der Waals surface area (Å²) in [5, 5.41) is 11.1. The molecule has 18 heavy (non-hydrogen) atoms. The first-order valence-electron chi connectivity index (χ1n) is 6.13. The Hall–Kier alpha value is -1.88. The number of anilines is 1. The lowest BCUT2D eigenvalue weighted by atomic mass is 10.1. The van der Waals surface area contributed by atoms with Crippen LogP contribution in [0.5, 0.6) is 0 Å². The molecule has 0 aliphatic carbocycles. The van der Waals surface area contributed by atoms with Gasteiger partial charge in [-0.3, -0.25) is 0 Å². The Bertz CT molecular complexity index is 493. The summed E-state index contributed by atoms with van der Waals surface area (Å²) in [5.74, 6) is 0.540. The molecular formula is C13H15N3O2. The molecule has 2 aromatic rings. The molecule has 5 heteroatoms. The molecule has 1 aliphatic rings. The fourth-order valence-corrected chi connectivity index (χ4v) is 2.13. The predicted octanol–water partition coefficient (Wildman–Crippen LogP) is 2.33. The van der Waals surface area contributed by atoms with Crippen LogP contribution in [-0.4, -0.2) is 29.5 Å². The van der Waals surface area contributed by atoms with Crippen LogP contribution in [-0.2, 0) is 4.74 Å². The molecule has 0 radical (unpaired) electrons. The molecule has 0 saturated carbocycles. The highest BCUT2D eigenvalue weighted by Gasteiger charge is 2.13. The lowest BCUT2D eigenvalue weighted by Gasteiger charge is -2.24. The van der Waals surface area contributed by atoms with Gasteiger partial charge in [0, 0.05) is 23.9 Å². The van der Waals surface area contributed by atoms with E-state index in [0.717, 1.165) is 37.3 Å². The van der Waals surface area contributed by atoms with Crippen LogP contribution in [0.3, 0.4) is 0 Å². The Kier molecular flexibility index (Phi) is 3.23. The molecule has 5 nitrogen and oxygen atoms in total. The fraction of sp³-hybridized carbons (Fsp3) is 0.385. The van der Waals surface area contributed by atoms with E-state index >= 15 is 0 Å². The standard InChI is InChI=1S/C13H15N3O2/c1-3-10(13-16-14-9-18-13)7-11(4-1)15-12-5-2-6-17-8-12/h1,3-4,7,9,12,15H,2,5-6,8H2. The third kappa shape index (κ3) is 2.51. The lowest BCUT2D eigenvalue weighted by molar-refractivity contribution is 0.0876. The van der Waals surface area contributed by atoms with Crippen LogP contribution in [0.25, 0.3) is 11.5 Å². The maximum atomic E-state index is 5.45. The van der Waals surface area contributed by atoms with E-state index in [-0.39, 0.29) is 0 Å². The first-order chi connectivity index (χ1) is 8.92. The number of hydrogen-bond donors (Lipinski definition) is 1. The SMILES string of the molecule is c1cc(NC2CCCOC2)cc(-c2nnco2)c1. The number of benzene rings is 1. The van der Waals surface area contributed by atoms with E-state index in [1.54, 1.807) is 0 Å². The summed E-state index contributed by atoms with van der Waals surface area (Å²) in [5.41, 5.74) is 1.98. The molecule has 2 heterocycles. The fourth-order valence-electron chi connectivity index (χ4n) is 2.13. The average Bonchev–Trinajstić information content (AvgIpc) is 2.94.